The number of benzene rings is 2. The van der Waals surface area contributed by atoms with Crippen molar-refractivity contribution >= 4 is 52.2 Å². The van der Waals surface area contributed by atoms with E-state index in [9.17, 15) is 14.4 Å². The van der Waals surface area contributed by atoms with Crippen LogP contribution >= 0.6 is 23.4 Å². The third-order valence-corrected chi connectivity index (χ3v) is 5.94. The molecular formula is C24H25ClN2O5S. The van der Waals surface area contributed by atoms with E-state index in [0.29, 0.717) is 41.0 Å². The SMILES string of the molecule is CCOc1cc(/C=C2/SC(=O)N(CC(=O)Nc3ccc(C)cc3C)C2=O)cc(Cl)c1OCC. The van der Waals surface area contributed by atoms with Crippen LogP contribution in [0.1, 0.15) is 30.5 Å². The van der Waals surface area contributed by atoms with Gasteiger partial charge in [0.15, 0.2) is 11.5 Å². The van der Waals surface area contributed by atoms with Crippen LogP contribution in [-0.4, -0.2) is 41.7 Å². The van der Waals surface area contributed by atoms with Gasteiger partial charge in [0.1, 0.15) is 6.54 Å². The number of imide groups is 1. The number of rotatable bonds is 8. The van der Waals surface area contributed by atoms with Gasteiger partial charge in [-0.3, -0.25) is 19.3 Å². The molecule has 0 saturated carbocycles. The highest BCUT2D eigenvalue weighted by Crippen LogP contribution is 2.39. The van der Waals surface area contributed by atoms with E-state index in [-0.39, 0.29) is 11.4 Å². The first-order valence-electron chi connectivity index (χ1n) is 10.4. The minimum Gasteiger partial charge on any atom is -0.490 e. The zero-order chi connectivity index (χ0) is 24.1. The van der Waals surface area contributed by atoms with Crippen LogP contribution in [0.25, 0.3) is 6.08 Å². The lowest BCUT2D eigenvalue weighted by atomic mass is 10.1. The van der Waals surface area contributed by atoms with Crippen LogP contribution in [0.3, 0.4) is 0 Å². The Labute approximate surface area is 202 Å². The molecule has 3 amide bonds. The average Bonchev–Trinajstić information content (AvgIpc) is 3.00. The summed E-state index contributed by atoms with van der Waals surface area (Å²) in [6.45, 7) is 7.97. The number of amides is 3. The van der Waals surface area contributed by atoms with Gasteiger partial charge in [0, 0.05) is 5.69 Å². The molecule has 174 valence electrons. The molecule has 2 aromatic rings. The lowest BCUT2D eigenvalue weighted by molar-refractivity contribution is -0.127. The zero-order valence-corrected chi connectivity index (χ0v) is 20.4. The maximum absolute atomic E-state index is 12.8. The number of carbonyl (C=O) groups excluding carboxylic acids is 3. The number of aryl methyl sites for hydroxylation is 2. The van der Waals surface area contributed by atoms with Crippen molar-refractivity contribution in [3.05, 3.63) is 56.9 Å². The molecule has 2 aromatic carbocycles. The molecule has 0 aliphatic carbocycles. The smallest absolute Gasteiger partial charge is 0.294 e. The maximum Gasteiger partial charge on any atom is 0.294 e. The third-order valence-electron chi connectivity index (χ3n) is 4.75. The summed E-state index contributed by atoms with van der Waals surface area (Å²) in [4.78, 5) is 38.9. The lowest BCUT2D eigenvalue weighted by Crippen LogP contribution is -2.36. The molecule has 1 N–H and O–H groups in total. The van der Waals surface area contributed by atoms with Crippen LogP contribution in [0.2, 0.25) is 5.02 Å². The Balaban J connectivity index is 1.77. The summed E-state index contributed by atoms with van der Waals surface area (Å²) in [6, 6.07) is 8.94. The zero-order valence-electron chi connectivity index (χ0n) is 18.9. The fraction of sp³-hybridized carbons (Fsp3) is 0.292. The van der Waals surface area contributed by atoms with E-state index in [1.807, 2.05) is 39.8 Å². The van der Waals surface area contributed by atoms with Gasteiger partial charge in [0.25, 0.3) is 11.1 Å². The van der Waals surface area contributed by atoms with Gasteiger partial charge in [0.2, 0.25) is 5.91 Å². The molecule has 1 saturated heterocycles. The Morgan fingerprint density at radius 3 is 2.52 bits per heavy atom. The fourth-order valence-electron chi connectivity index (χ4n) is 3.29. The molecular weight excluding hydrogens is 464 g/mol. The van der Waals surface area contributed by atoms with Crippen LogP contribution in [0, 0.1) is 13.8 Å². The van der Waals surface area contributed by atoms with Crippen molar-refractivity contribution in [1.29, 1.82) is 0 Å². The van der Waals surface area contributed by atoms with Crippen molar-refractivity contribution in [2.24, 2.45) is 0 Å². The Hall–Kier alpha value is -2.97. The van der Waals surface area contributed by atoms with Crippen molar-refractivity contribution in [3.8, 4) is 11.5 Å². The first kappa shape index (κ1) is 24.7. The van der Waals surface area contributed by atoms with Crippen LogP contribution in [0.15, 0.2) is 35.2 Å². The molecule has 1 fully saturated rings. The second-order valence-corrected chi connectivity index (χ2v) is 8.73. The van der Waals surface area contributed by atoms with Crippen molar-refractivity contribution in [2.45, 2.75) is 27.7 Å². The van der Waals surface area contributed by atoms with Gasteiger partial charge in [-0.2, -0.15) is 0 Å². The predicted octanol–water partition coefficient (Wildman–Crippen LogP) is 5.43. The van der Waals surface area contributed by atoms with Crippen LogP contribution in [0.4, 0.5) is 10.5 Å². The van der Waals surface area contributed by atoms with Crippen molar-refractivity contribution in [3.63, 3.8) is 0 Å². The van der Waals surface area contributed by atoms with E-state index in [4.69, 9.17) is 21.1 Å². The number of anilines is 1. The van der Waals surface area contributed by atoms with Gasteiger partial charge in [-0.1, -0.05) is 29.3 Å². The predicted molar refractivity (Wildman–Crippen MR) is 131 cm³/mol. The van der Waals surface area contributed by atoms with Crippen molar-refractivity contribution < 1.29 is 23.9 Å². The number of nitrogens with zero attached hydrogens (tertiary/aromatic N) is 1. The van der Waals surface area contributed by atoms with Gasteiger partial charge in [-0.15, -0.1) is 0 Å². The number of halogens is 1. The molecule has 1 aliphatic heterocycles. The first-order valence-corrected chi connectivity index (χ1v) is 11.6. The molecule has 3 rings (SSSR count). The van der Waals surface area contributed by atoms with Gasteiger partial charge < -0.3 is 14.8 Å². The summed E-state index contributed by atoms with van der Waals surface area (Å²) < 4.78 is 11.2. The summed E-state index contributed by atoms with van der Waals surface area (Å²) >= 11 is 7.11. The standard InChI is InChI=1S/C24H25ClN2O5S/c1-5-31-19-11-16(10-17(25)22(19)32-6-2)12-20-23(29)27(24(30)33-20)13-21(28)26-18-8-7-14(3)9-15(18)4/h7-12H,5-6,13H2,1-4H3,(H,26,28)/b20-12+. The second kappa shape index (κ2) is 10.8. The monoisotopic (exact) mass is 488 g/mol. The Bertz CT molecular complexity index is 1130. The van der Waals surface area contributed by atoms with Gasteiger partial charge >= 0.3 is 0 Å². The molecule has 1 heterocycles. The van der Waals surface area contributed by atoms with Crippen molar-refractivity contribution in [1.82, 2.24) is 4.90 Å². The minimum atomic E-state index is -0.538. The molecule has 1 aliphatic rings. The lowest BCUT2D eigenvalue weighted by Gasteiger charge is -2.14. The van der Waals surface area contributed by atoms with E-state index in [1.54, 1.807) is 24.3 Å². The fourth-order valence-corrected chi connectivity index (χ4v) is 4.41. The quantitative estimate of drug-likeness (QED) is 0.499. The molecule has 0 spiro atoms. The Morgan fingerprint density at radius 2 is 1.85 bits per heavy atom. The second-order valence-electron chi connectivity index (χ2n) is 7.33. The molecule has 0 aromatic heterocycles. The highest BCUT2D eigenvalue weighted by atomic mass is 35.5. The summed E-state index contributed by atoms with van der Waals surface area (Å²) in [6.07, 6.45) is 1.55. The number of hydrogen-bond acceptors (Lipinski definition) is 6. The minimum absolute atomic E-state index is 0.196. The van der Waals surface area contributed by atoms with Gasteiger partial charge in [0.05, 0.1) is 23.1 Å². The Kier molecular flexibility index (Phi) is 8.05. The third kappa shape index (κ3) is 5.89. The van der Waals surface area contributed by atoms with Crippen LogP contribution in [0.5, 0.6) is 11.5 Å². The number of nitrogens with one attached hydrogen (secondary N) is 1. The van der Waals surface area contributed by atoms with Gasteiger partial charge in [-0.25, -0.2) is 0 Å². The highest BCUT2D eigenvalue weighted by molar-refractivity contribution is 8.18. The van der Waals surface area contributed by atoms with Crippen molar-refractivity contribution in [2.75, 3.05) is 25.1 Å². The van der Waals surface area contributed by atoms with Crippen LogP contribution < -0.4 is 14.8 Å². The molecule has 7 nitrogen and oxygen atoms in total. The summed E-state index contributed by atoms with van der Waals surface area (Å²) in [5.74, 6) is -0.114. The normalized spacial score (nSPS) is 14.7. The van der Waals surface area contributed by atoms with E-state index >= 15 is 0 Å². The number of thioether (sulfide) groups is 1. The first-order chi connectivity index (χ1) is 15.7. The van der Waals surface area contributed by atoms with E-state index < -0.39 is 17.1 Å². The summed E-state index contributed by atoms with van der Waals surface area (Å²) in [5, 5.41) is 2.58. The summed E-state index contributed by atoms with van der Waals surface area (Å²) in [7, 11) is 0. The molecule has 0 atom stereocenters. The molecule has 33 heavy (non-hydrogen) atoms. The summed E-state index contributed by atoms with van der Waals surface area (Å²) in [5.41, 5.74) is 3.19. The number of hydrogen-bond donors (Lipinski definition) is 1. The van der Waals surface area contributed by atoms with Crippen LogP contribution in [-0.2, 0) is 9.59 Å². The number of ether oxygens (including phenoxy) is 2. The molecule has 9 heteroatoms. The van der Waals surface area contributed by atoms with E-state index in [1.165, 1.54) is 0 Å². The average molecular weight is 489 g/mol. The number of carbonyl (C=O) groups is 3. The van der Waals surface area contributed by atoms with E-state index in [2.05, 4.69) is 5.32 Å². The molecule has 0 unspecified atom stereocenters. The maximum atomic E-state index is 12.8. The molecule has 0 radical (unpaired) electrons. The van der Waals surface area contributed by atoms with E-state index in [0.717, 1.165) is 27.8 Å². The largest absolute Gasteiger partial charge is 0.490 e. The molecule has 0 bridgehead atoms. The van der Waals surface area contributed by atoms with Gasteiger partial charge in [-0.05, 0) is 74.9 Å². The highest BCUT2D eigenvalue weighted by Gasteiger charge is 2.36. The topological polar surface area (TPSA) is 84.9 Å². The Morgan fingerprint density at radius 1 is 1.12 bits per heavy atom.